The standard InChI is InChI=1S/C17H27N3O3S.ClH/c1-13-7-8-15(17(21)19(3)14(2)12-18)11-16(13)24(22,23)20-9-5-4-6-10-20;/h7-8,11,14H,4-6,9-10,12,18H2,1-3H3;1H. The zero-order valence-electron chi connectivity index (χ0n) is 15.1. The van der Waals surface area contributed by atoms with Crippen molar-refractivity contribution in [3.05, 3.63) is 29.3 Å². The number of nitrogens with two attached hydrogens (primary N) is 1. The number of nitrogens with zero attached hydrogens (tertiary/aromatic N) is 2. The third-order valence-corrected chi connectivity index (χ3v) is 6.73. The number of likely N-dealkylation sites (N-methyl/N-ethyl adjacent to an activating group) is 1. The van der Waals surface area contributed by atoms with Crippen molar-refractivity contribution in [3.63, 3.8) is 0 Å². The van der Waals surface area contributed by atoms with Crippen molar-refractivity contribution in [1.82, 2.24) is 9.21 Å². The van der Waals surface area contributed by atoms with E-state index >= 15 is 0 Å². The molecule has 2 N–H and O–H groups in total. The van der Waals surface area contributed by atoms with E-state index in [0.717, 1.165) is 19.3 Å². The lowest BCUT2D eigenvalue weighted by Crippen LogP contribution is -2.40. The minimum Gasteiger partial charge on any atom is -0.338 e. The van der Waals surface area contributed by atoms with Crippen molar-refractivity contribution >= 4 is 28.3 Å². The van der Waals surface area contributed by atoms with Gasteiger partial charge in [-0.05, 0) is 44.4 Å². The molecule has 1 aromatic rings. The molecule has 0 aromatic heterocycles. The molecular weight excluding hydrogens is 362 g/mol. The molecule has 6 nitrogen and oxygen atoms in total. The predicted molar refractivity (Wildman–Crippen MR) is 102 cm³/mol. The Kier molecular flexibility index (Phi) is 7.87. The molecule has 142 valence electrons. The van der Waals surface area contributed by atoms with Gasteiger partial charge in [-0.3, -0.25) is 4.79 Å². The summed E-state index contributed by atoms with van der Waals surface area (Å²) in [5.41, 5.74) is 6.65. The summed E-state index contributed by atoms with van der Waals surface area (Å²) in [7, 11) is -1.88. The molecule has 1 aliphatic heterocycles. The summed E-state index contributed by atoms with van der Waals surface area (Å²) in [6, 6.07) is 4.76. The van der Waals surface area contributed by atoms with Crippen LogP contribution in [-0.2, 0) is 10.0 Å². The summed E-state index contributed by atoms with van der Waals surface area (Å²) in [5, 5.41) is 0. The van der Waals surface area contributed by atoms with Gasteiger partial charge in [0.15, 0.2) is 0 Å². The molecule has 0 spiro atoms. The Hall–Kier alpha value is -1.15. The molecule has 1 fully saturated rings. The Morgan fingerprint density at radius 1 is 1.28 bits per heavy atom. The van der Waals surface area contributed by atoms with E-state index in [-0.39, 0.29) is 29.3 Å². The van der Waals surface area contributed by atoms with Crippen LogP contribution in [0.15, 0.2) is 23.1 Å². The molecule has 0 aliphatic carbocycles. The van der Waals surface area contributed by atoms with Gasteiger partial charge >= 0.3 is 0 Å². The topological polar surface area (TPSA) is 83.7 Å². The van der Waals surface area contributed by atoms with Crippen molar-refractivity contribution in [3.8, 4) is 0 Å². The van der Waals surface area contributed by atoms with Gasteiger partial charge in [0.25, 0.3) is 5.91 Å². The molecule has 1 heterocycles. The molecule has 1 aromatic carbocycles. The molecule has 1 saturated heterocycles. The highest BCUT2D eigenvalue weighted by Crippen LogP contribution is 2.25. The van der Waals surface area contributed by atoms with Crippen molar-refractivity contribution in [1.29, 1.82) is 0 Å². The second kappa shape index (κ2) is 8.98. The van der Waals surface area contributed by atoms with Crippen LogP contribution in [0, 0.1) is 6.92 Å². The Bertz CT molecular complexity index is 703. The molecule has 1 unspecified atom stereocenters. The van der Waals surface area contributed by atoms with Crippen LogP contribution in [0.25, 0.3) is 0 Å². The summed E-state index contributed by atoms with van der Waals surface area (Å²) in [5.74, 6) is -0.219. The van der Waals surface area contributed by atoms with E-state index < -0.39 is 10.0 Å². The lowest BCUT2D eigenvalue weighted by molar-refractivity contribution is 0.0748. The number of carbonyl (C=O) groups is 1. The van der Waals surface area contributed by atoms with Crippen LogP contribution in [0.4, 0.5) is 0 Å². The fourth-order valence-electron chi connectivity index (χ4n) is 2.82. The number of halogens is 1. The summed E-state index contributed by atoms with van der Waals surface area (Å²) in [4.78, 5) is 14.3. The number of hydrogen-bond donors (Lipinski definition) is 1. The summed E-state index contributed by atoms with van der Waals surface area (Å²) >= 11 is 0. The zero-order valence-corrected chi connectivity index (χ0v) is 16.7. The summed E-state index contributed by atoms with van der Waals surface area (Å²) in [6.45, 7) is 5.07. The highest BCUT2D eigenvalue weighted by Gasteiger charge is 2.28. The van der Waals surface area contributed by atoms with Gasteiger partial charge in [0, 0.05) is 38.3 Å². The van der Waals surface area contributed by atoms with Gasteiger partial charge in [-0.25, -0.2) is 8.42 Å². The molecule has 2 rings (SSSR count). The second-order valence-corrected chi connectivity index (χ2v) is 8.35. The van der Waals surface area contributed by atoms with Gasteiger partial charge in [0.05, 0.1) is 4.90 Å². The normalized spacial score (nSPS) is 16.8. The van der Waals surface area contributed by atoms with Gasteiger partial charge in [0.2, 0.25) is 10.0 Å². The molecule has 0 radical (unpaired) electrons. The smallest absolute Gasteiger partial charge is 0.253 e. The highest BCUT2D eigenvalue weighted by atomic mass is 35.5. The van der Waals surface area contributed by atoms with Crippen molar-refractivity contribution in [2.45, 2.75) is 44.0 Å². The molecule has 0 saturated carbocycles. The third kappa shape index (κ3) is 4.73. The highest BCUT2D eigenvalue weighted by molar-refractivity contribution is 7.89. The van der Waals surface area contributed by atoms with Crippen LogP contribution in [0.1, 0.15) is 42.1 Å². The van der Waals surface area contributed by atoms with Crippen LogP contribution < -0.4 is 5.73 Å². The Balaban J connectivity index is 0.00000312. The fourth-order valence-corrected chi connectivity index (χ4v) is 4.59. The largest absolute Gasteiger partial charge is 0.338 e. The lowest BCUT2D eigenvalue weighted by atomic mass is 10.1. The Morgan fingerprint density at radius 3 is 2.44 bits per heavy atom. The first-order valence-electron chi connectivity index (χ1n) is 8.37. The van der Waals surface area contributed by atoms with E-state index in [4.69, 9.17) is 5.73 Å². The lowest BCUT2D eigenvalue weighted by Gasteiger charge is -2.27. The maximum atomic E-state index is 12.9. The van der Waals surface area contributed by atoms with Crippen molar-refractivity contribution in [2.24, 2.45) is 5.73 Å². The average Bonchev–Trinajstić information content (AvgIpc) is 2.60. The molecule has 8 heteroatoms. The number of benzene rings is 1. The van der Waals surface area contributed by atoms with Gasteiger partial charge in [-0.2, -0.15) is 4.31 Å². The average molecular weight is 390 g/mol. The first-order valence-corrected chi connectivity index (χ1v) is 9.81. The first kappa shape index (κ1) is 21.9. The first-order chi connectivity index (χ1) is 11.3. The van der Waals surface area contributed by atoms with Crippen LogP contribution in [-0.4, -0.2) is 56.3 Å². The number of piperidine rings is 1. The fraction of sp³-hybridized carbons (Fsp3) is 0.588. The summed E-state index contributed by atoms with van der Waals surface area (Å²) < 4.78 is 27.4. The van der Waals surface area contributed by atoms with Crippen molar-refractivity contribution < 1.29 is 13.2 Å². The second-order valence-electron chi connectivity index (χ2n) is 6.45. The Morgan fingerprint density at radius 2 is 1.88 bits per heavy atom. The number of aryl methyl sites for hydroxylation is 1. The van der Waals surface area contributed by atoms with Crippen LogP contribution in [0.2, 0.25) is 0 Å². The minimum atomic E-state index is -3.56. The number of carbonyl (C=O) groups excluding carboxylic acids is 1. The third-order valence-electron chi connectivity index (χ3n) is 4.69. The number of rotatable bonds is 5. The summed E-state index contributed by atoms with van der Waals surface area (Å²) in [6.07, 6.45) is 2.83. The van der Waals surface area contributed by atoms with Crippen LogP contribution >= 0.6 is 12.4 Å². The predicted octanol–water partition coefficient (Wildman–Crippen LogP) is 2.01. The number of amides is 1. The maximum absolute atomic E-state index is 12.9. The SMILES string of the molecule is Cc1ccc(C(=O)N(C)C(C)CN)cc1S(=O)(=O)N1CCCCC1.Cl. The van der Waals surface area contributed by atoms with Crippen LogP contribution in [0.5, 0.6) is 0 Å². The number of hydrogen-bond acceptors (Lipinski definition) is 4. The van der Waals surface area contributed by atoms with Gasteiger partial charge < -0.3 is 10.6 Å². The van der Waals surface area contributed by atoms with E-state index in [0.29, 0.717) is 30.8 Å². The molecule has 25 heavy (non-hydrogen) atoms. The number of sulfonamides is 1. The molecular formula is C17H28ClN3O3S. The molecule has 1 aliphatic rings. The maximum Gasteiger partial charge on any atom is 0.253 e. The Labute approximate surface area is 156 Å². The zero-order chi connectivity index (χ0) is 17.9. The van der Waals surface area contributed by atoms with Gasteiger partial charge in [0.1, 0.15) is 0 Å². The van der Waals surface area contributed by atoms with E-state index in [1.807, 2.05) is 6.92 Å². The van der Waals surface area contributed by atoms with Crippen molar-refractivity contribution in [2.75, 3.05) is 26.7 Å². The minimum absolute atomic E-state index is 0. The van der Waals surface area contributed by atoms with E-state index in [1.54, 1.807) is 31.0 Å². The van der Waals surface area contributed by atoms with E-state index in [1.165, 1.54) is 10.4 Å². The monoisotopic (exact) mass is 389 g/mol. The molecule has 1 amide bonds. The van der Waals surface area contributed by atoms with Gasteiger partial charge in [-0.15, -0.1) is 12.4 Å². The quantitative estimate of drug-likeness (QED) is 0.834. The van der Waals surface area contributed by atoms with Gasteiger partial charge in [-0.1, -0.05) is 12.5 Å². The van der Waals surface area contributed by atoms with E-state index in [2.05, 4.69) is 0 Å². The van der Waals surface area contributed by atoms with Crippen LogP contribution in [0.3, 0.4) is 0 Å². The van der Waals surface area contributed by atoms with E-state index in [9.17, 15) is 13.2 Å². The molecule has 1 atom stereocenters. The molecule has 0 bridgehead atoms.